The number of hydrogen-bond acceptors (Lipinski definition) is 3. The van der Waals surface area contributed by atoms with Crippen LogP contribution in [0.4, 0.5) is 0 Å². The van der Waals surface area contributed by atoms with E-state index in [0.29, 0.717) is 6.04 Å². The van der Waals surface area contributed by atoms with Gasteiger partial charge < -0.3 is 14.7 Å². The van der Waals surface area contributed by atoms with Crippen LogP contribution in [0.1, 0.15) is 32.3 Å². The molecule has 0 aromatic heterocycles. The Kier molecular flexibility index (Phi) is 7.53. The molecule has 0 saturated carbocycles. The number of ether oxygens (including phenoxy) is 1. The van der Waals surface area contributed by atoms with Crippen LogP contribution < -0.4 is 4.74 Å². The largest absolute Gasteiger partial charge is 0.494 e. The van der Waals surface area contributed by atoms with Gasteiger partial charge in [0.05, 0.1) is 6.61 Å². The van der Waals surface area contributed by atoms with Gasteiger partial charge in [-0.1, -0.05) is 12.1 Å². The molecule has 19 heavy (non-hydrogen) atoms. The van der Waals surface area contributed by atoms with Crippen LogP contribution in [0, 0.1) is 6.92 Å². The third-order valence-electron chi connectivity index (χ3n) is 3.18. The molecule has 0 unspecified atom stereocenters. The first-order valence-electron chi connectivity index (χ1n) is 7.18. The first-order valence-corrected chi connectivity index (χ1v) is 7.18. The normalized spacial score (nSPS) is 11.3. The molecule has 0 spiro atoms. The molecule has 1 aromatic carbocycles. The third-order valence-corrected chi connectivity index (χ3v) is 3.18. The predicted molar refractivity (Wildman–Crippen MR) is 79.7 cm³/mol. The van der Waals surface area contributed by atoms with Gasteiger partial charge in [-0.05, 0) is 51.3 Å². The molecule has 0 aliphatic carbocycles. The van der Waals surface area contributed by atoms with Crippen molar-refractivity contribution in [2.24, 2.45) is 0 Å². The zero-order valence-corrected chi connectivity index (χ0v) is 12.4. The highest BCUT2D eigenvalue weighted by Gasteiger charge is 2.08. The van der Waals surface area contributed by atoms with Gasteiger partial charge in [0.15, 0.2) is 0 Å². The number of benzene rings is 1. The number of nitrogens with zero attached hydrogens (tertiary/aromatic N) is 1. The second-order valence-electron chi connectivity index (χ2n) is 5.23. The Morgan fingerprint density at radius 2 is 1.95 bits per heavy atom. The van der Waals surface area contributed by atoms with Crippen LogP contribution in [0.15, 0.2) is 24.3 Å². The minimum atomic E-state index is 0.267. The Bertz CT molecular complexity index is 352. The summed E-state index contributed by atoms with van der Waals surface area (Å²) in [5.41, 5.74) is 1.23. The molecule has 0 aliphatic rings. The SMILES string of the molecule is Cc1cccc(OCCCN(CCCO)C(C)C)c1. The maximum atomic E-state index is 8.89. The van der Waals surface area contributed by atoms with Gasteiger partial charge in [-0.25, -0.2) is 0 Å². The predicted octanol–water partition coefficient (Wildman–Crippen LogP) is 2.86. The van der Waals surface area contributed by atoms with Gasteiger partial charge in [0, 0.05) is 25.7 Å². The third kappa shape index (κ3) is 6.60. The number of aliphatic hydroxyl groups is 1. The number of aliphatic hydroxyl groups excluding tert-OH is 1. The summed E-state index contributed by atoms with van der Waals surface area (Å²) in [5.74, 6) is 0.950. The molecule has 0 amide bonds. The van der Waals surface area contributed by atoms with Crippen molar-refractivity contribution in [2.45, 2.75) is 39.7 Å². The lowest BCUT2D eigenvalue weighted by molar-refractivity contribution is 0.177. The first kappa shape index (κ1) is 16.0. The zero-order chi connectivity index (χ0) is 14.1. The summed E-state index contributed by atoms with van der Waals surface area (Å²) in [6.07, 6.45) is 1.86. The van der Waals surface area contributed by atoms with E-state index in [4.69, 9.17) is 9.84 Å². The van der Waals surface area contributed by atoms with Crippen LogP contribution in [-0.2, 0) is 0 Å². The maximum absolute atomic E-state index is 8.89. The lowest BCUT2D eigenvalue weighted by Crippen LogP contribution is -2.33. The molecule has 0 heterocycles. The van der Waals surface area contributed by atoms with E-state index in [2.05, 4.69) is 37.8 Å². The Morgan fingerprint density at radius 1 is 1.21 bits per heavy atom. The first-order chi connectivity index (χ1) is 9.13. The van der Waals surface area contributed by atoms with E-state index >= 15 is 0 Å². The van der Waals surface area contributed by atoms with E-state index in [-0.39, 0.29) is 6.61 Å². The number of aryl methyl sites for hydroxylation is 1. The second kappa shape index (κ2) is 8.94. The average Bonchev–Trinajstić information content (AvgIpc) is 2.37. The lowest BCUT2D eigenvalue weighted by Gasteiger charge is -2.26. The fourth-order valence-corrected chi connectivity index (χ4v) is 2.06. The number of hydrogen-bond donors (Lipinski definition) is 1. The van der Waals surface area contributed by atoms with Crippen LogP contribution in [0.2, 0.25) is 0 Å². The second-order valence-corrected chi connectivity index (χ2v) is 5.23. The molecule has 0 radical (unpaired) electrons. The summed E-state index contributed by atoms with van der Waals surface area (Å²) >= 11 is 0. The molecular weight excluding hydrogens is 238 g/mol. The fourth-order valence-electron chi connectivity index (χ4n) is 2.06. The highest BCUT2D eigenvalue weighted by molar-refractivity contribution is 5.27. The van der Waals surface area contributed by atoms with E-state index in [1.54, 1.807) is 0 Å². The fraction of sp³-hybridized carbons (Fsp3) is 0.625. The van der Waals surface area contributed by atoms with Crippen LogP contribution in [0.5, 0.6) is 5.75 Å². The Labute approximate surface area is 117 Å². The highest BCUT2D eigenvalue weighted by Crippen LogP contribution is 2.12. The smallest absolute Gasteiger partial charge is 0.119 e. The highest BCUT2D eigenvalue weighted by atomic mass is 16.5. The molecule has 3 nitrogen and oxygen atoms in total. The van der Waals surface area contributed by atoms with Crippen molar-refractivity contribution >= 4 is 0 Å². The standard InChI is InChI=1S/C16H27NO2/c1-14(2)17(9-5-11-18)10-6-12-19-16-8-4-7-15(3)13-16/h4,7-8,13-14,18H,5-6,9-12H2,1-3H3. The van der Waals surface area contributed by atoms with Gasteiger partial charge in [0.2, 0.25) is 0 Å². The van der Waals surface area contributed by atoms with Crippen LogP contribution >= 0.6 is 0 Å². The summed E-state index contributed by atoms with van der Waals surface area (Å²) in [7, 11) is 0. The van der Waals surface area contributed by atoms with Gasteiger partial charge in [-0.3, -0.25) is 0 Å². The molecule has 0 bridgehead atoms. The van der Waals surface area contributed by atoms with Crippen LogP contribution in [-0.4, -0.2) is 42.4 Å². The Hall–Kier alpha value is -1.06. The van der Waals surface area contributed by atoms with Crippen molar-refractivity contribution in [1.82, 2.24) is 4.90 Å². The van der Waals surface area contributed by atoms with Crippen molar-refractivity contribution < 1.29 is 9.84 Å². The molecule has 0 aliphatic heterocycles. The van der Waals surface area contributed by atoms with Gasteiger partial charge in [-0.2, -0.15) is 0 Å². The molecule has 108 valence electrons. The van der Waals surface area contributed by atoms with Crippen molar-refractivity contribution in [3.63, 3.8) is 0 Å². The minimum Gasteiger partial charge on any atom is -0.494 e. The zero-order valence-electron chi connectivity index (χ0n) is 12.4. The van der Waals surface area contributed by atoms with Gasteiger partial charge >= 0.3 is 0 Å². The molecule has 0 saturated heterocycles. The van der Waals surface area contributed by atoms with Crippen LogP contribution in [0.3, 0.4) is 0 Å². The summed E-state index contributed by atoms with van der Waals surface area (Å²) in [6.45, 7) is 9.44. The quantitative estimate of drug-likeness (QED) is 0.697. The molecular formula is C16H27NO2. The van der Waals surface area contributed by atoms with Crippen molar-refractivity contribution in [2.75, 3.05) is 26.3 Å². The van der Waals surface area contributed by atoms with E-state index < -0.39 is 0 Å². The molecule has 3 heteroatoms. The molecule has 0 fully saturated rings. The van der Waals surface area contributed by atoms with Gasteiger partial charge in [0.25, 0.3) is 0 Å². The summed E-state index contributed by atoms with van der Waals surface area (Å²) in [4.78, 5) is 2.38. The average molecular weight is 265 g/mol. The van der Waals surface area contributed by atoms with E-state index in [1.807, 2.05) is 12.1 Å². The Morgan fingerprint density at radius 3 is 2.58 bits per heavy atom. The molecule has 1 aromatic rings. The molecule has 1 rings (SSSR count). The van der Waals surface area contributed by atoms with E-state index in [0.717, 1.165) is 38.3 Å². The van der Waals surface area contributed by atoms with Crippen LogP contribution in [0.25, 0.3) is 0 Å². The monoisotopic (exact) mass is 265 g/mol. The summed E-state index contributed by atoms with van der Waals surface area (Å²) in [6, 6.07) is 8.67. The number of rotatable bonds is 9. The van der Waals surface area contributed by atoms with E-state index in [9.17, 15) is 0 Å². The topological polar surface area (TPSA) is 32.7 Å². The van der Waals surface area contributed by atoms with Gasteiger partial charge in [0.1, 0.15) is 5.75 Å². The van der Waals surface area contributed by atoms with Gasteiger partial charge in [-0.15, -0.1) is 0 Å². The maximum Gasteiger partial charge on any atom is 0.119 e. The van der Waals surface area contributed by atoms with E-state index in [1.165, 1.54) is 5.56 Å². The van der Waals surface area contributed by atoms with Crippen molar-refractivity contribution in [3.05, 3.63) is 29.8 Å². The lowest BCUT2D eigenvalue weighted by atomic mass is 10.2. The van der Waals surface area contributed by atoms with Crippen molar-refractivity contribution in [3.8, 4) is 5.75 Å². The summed E-state index contributed by atoms with van der Waals surface area (Å²) < 4.78 is 5.75. The van der Waals surface area contributed by atoms with Crippen molar-refractivity contribution in [1.29, 1.82) is 0 Å². The Balaban J connectivity index is 2.24. The molecule has 1 N–H and O–H groups in total. The molecule has 0 atom stereocenters. The minimum absolute atomic E-state index is 0.267. The summed E-state index contributed by atoms with van der Waals surface area (Å²) in [5, 5.41) is 8.89.